The number of para-hydroxylation sites is 2. The van der Waals surface area contributed by atoms with Gasteiger partial charge in [-0.15, -0.1) is 0 Å². The summed E-state index contributed by atoms with van der Waals surface area (Å²) in [6.07, 6.45) is 2.15. The molecule has 0 bridgehead atoms. The number of nitrogens with one attached hydrogen (secondary N) is 2. The summed E-state index contributed by atoms with van der Waals surface area (Å²) in [6.45, 7) is 6.45. The fraction of sp³-hybridized carbons (Fsp3) is 0.267. The fourth-order valence-electron chi connectivity index (χ4n) is 4.82. The molecule has 5 aromatic rings. The van der Waals surface area contributed by atoms with Crippen LogP contribution in [0.15, 0.2) is 66.7 Å². The Kier molecular flexibility index (Phi) is 7.12. The summed E-state index contributed by atoms with van der Waals surface area (Å²) in [5.41, 5.74) is 13.7. The second-order valence-corrected chi connectivity index (χ2v) is 9.33. The number of hydrogen-bond donors (Lipinski definition) is 3. The molecule has 0 aliphatic carbocycles. The Morgan fingerprint density at radius 2 is 1.78 bits per heavy atom. The number of hydrogen-bond acceptors (Lipinski definition) is 6. The zero-order valence-corrected chi connectivity index (χ0v) is 21.7. The number of anilines is 3. The van der Waals surface area contributed by atoms with Crippen molar-refractivity contribution >= 4 is 39.4 Å². The Balaban J connectivity index is 1.56. The molecule has 0 radical (unpaired) electrons. The number of nitrogens with zero attached hydrogens (tertiary/aromatic N) is 3. The zero-order valence-electron chi connectivity index (χ0n) is 21.7. The van der Waals surface area contributed by atoms with Crippen molar-refractivity contribution in [1.82, 2.24) is 14.5 Å². The summed E-state index contributed by atoms with van der Waals surface area (Å²) in [7, 11) is 1.72. The van der Waals surface area contributed by atoms with Gasteiger partial charge in [-0.05, 0) is 48.7 Å². The number of unbranched alkanes of at least 4 members (excludes halogenated alkanes) is 1. The lowest BCUT2D eigenvalue weighted by Crippen LogP contribution is -2.10. The number of nitrogens with two attached hydrogens (primary N) is 1. The van der Waals surface area contributed by atoms with Crippen molar-refractivity contribution in [2.45, 2.75) is 39.8 Å². The monoisotopic (exact) mass is 494 g/mol. The molecule has 190 valence electrons. The molecule has 4 N–H and O–H groups in total. The highest BCUT2D eigenvalue weighted by Gasteiger charge is 2.19. The van der Waals surface area contributed by atoms with Crippen molar-refractivity contribution < 1.29 is 4.74 Å². The molecule has 0 atom stereocenters. The molecule has 0 saturated carbocycles. The molecule has 0 unspecified atom stereocenters. The van der Waals surface area contributed by atoms with Gasteiger partial charge in [-0.1, -0.05) is 55.8 Å². The van der Waals surface area contributed by atoms with E-state index in [1.807, 2.05) is 12.1 Å². The minimum Gasteiger partial charge on any atom is -0.496 e. The van der Waals surface area contributed by atoms with Crippen molar-refractivity contribution in [3.8, 4) is 5.75 Å². The van der Waals surface area contributed by atoms with Crippen LogP contribution in [-0.2, 0) is 13.1 Å². The minimum absolute atomic E-state index is 0.274. The van der Waals surface area contributed by atoms with E-state index in [4.69, 9.17) is 10.5 Å². The van der Waals surface area contributed by atoms with E-state index < -0.39 is 0 Å². The smallest absolute Gasteiger partial charge is 0.222 e. The fourth-order valence-corrected chi connectivity index (χ4v) is 4.82. The average Bonchev–Trinajstić information content (AvgIpc) is 3.22. The summed E-state index contributed by atoms with van der Waals surface area (Å²) in [4.78, 5) is 9.25. The second kappa shape index (κ2) is 10.8. The predicted molar refractivity (Wildman–Crippen MR) is 153 cm³/mol. The second-order valence-electron chi connectivity index (χ2n) is 9.33. The molecular formula is C30H34N6O. The molecule has 0 amide bonds. The topological polar surface area (TPSA) is 90.0 Å². The predicted octanol–water partition coefficient (Wildman–Crippen LogP) is 6.36. The lowest BCUT2D eigenvalue weighted by Gasteiger charge is -2.16. The molecule has 5 rings (SSSR count). The van der Waals surface area contributed by atoms with E-state index in [9.17, 15) is 0 Å². The summed E-state index contributed by atoms with van der Waals surface area (Å²) >= 11 is 0. The van der Waals surface area contributed by atoms with Gasteiger partial charge in [0.15, 0.2) is 5.82 Å². The van der Waals surface area contributed by atoms with Crippen LogP contribution in [-0.4, -0.2) is 28.2 Å². The van der Waals surface area contributed by atoms with Crippen LogP contribution in [0.2, 0.25) is 0 Å². The van der Waals surface area contributed by atoms with Crippen molar-refractivity contribution in [2.75, 3.05) is 30.0 Å². The van der Waals surface area contributed by atoms with E-state index in [-0.39, 0.29) is 5.95 Å². The number of ether oxygens (including phenoxy) is 1. The Labute approximate surface area is 217 Å². The number of aryl methyl sites for hydroxylation is 1. The van der Waals surface area contributed by atoms with Crippen molar-refractivity contribution in [1.29, 1.82) is 0 Å². The van der Waals surface area contributed by atoms with E-state index >= 15 is 0 Å². The Hall–Kier alpha value is -4.26. The Morgan fingerprint density at radius 1 is 0.973 bits per heavy atom. The highest BCUT2D eigenvalue weighted by atomic mass is 16.5. The number of aromatic nitrogens is 3. The van der Waals surface area contributed by atoms with Gasteiger partial charge in [-0.3, -0.25) is 0 Å². The number of fused-ring (bicyclic) bond motifs is 3. The normalized spacial score (nSPS) is 11.2. The first-order chi connectivity index (χ1) is 18.1. The molecule has 7 nitrogen and oxygen atoms in total. The molecule has 2 heterocycles. The lowest BCUT2D eigenvalue weighted by atomic mass is 10.1. The average molecular weight is 495 g/mol. The van der Waals surface area contributed by atoms with E-state index in [1.54, 1.807) is 7.11 Å². The number of methoxy groups -OCH3 is 1. The van der Waals surface area contributed by atoms with Gasteiger partial charge in [0.2, 0.25) is 5.95 Å². The largest absolute Gasteiger partial charge is 0.496 e. The quantitative estimate of drug-likeness (QED) is 0.196. The first kappa shape index (κ1) is 24.4. The van der Waals surface area contributed by atoms with Gasteiger partial charge < -0.3 is 25.7 Å². The lowest BCUT2D eigenvalue weighted by molar-refractivity contribution is 0.408. The van der Waals surface area contributed by atoms with Gasteiger partial charge in [0.05, 0.1) is 19.2 Å². The first-order valence-corrected chi connectivity index (χ1v) is 12.8. The maximum absolute atomic E-state index is 6.14. The van der Waals surface area contributed by atoms with E-state index in [0.29, 0.717) is 6.54 Å². The maximum atomic E-state index is 6.14. The first-order valence-electron chi connectivity index (χ1n) is 12.8. The van der Waals surface area contributed by atoms with Crippen molar-refractivity contribution in [3.05, 3.63) is 83.4 Å². The highest BCUT2D eigenvalue weighted by molar-refractivity contribution is 6.09. The van der Waals surface area contributed by atoms with Gasteiger partial charge in [0.1, 0.15) is 16.8 Å². The number of nitrogen functional groups attached to an aromatic ring is 1. The van der Waals surface area contributed by atoms with Crippen LogP contribution in [0.1, 0.15) is 36.5 Å². The molecule has 3 aromatic carbocycles. The summed E-state index contributed by atoms with van der Waals surface area (Å²) < 4.78 is 8.06. The van der Waals surface area contributed by atoms with Gasteiger partial charge in [0.25, 0.3) is 0 Å². The van der Waals surface area contributed by atoms with Crippen LogP contribution in [0.25, 0.3) is 21.9 Å². The van der Waals surface area contributed by atoms with Crippen LogP contribution in [0.4, 0.5) is 17.5 Å². The molecule has 0 saturated heterocycles. The molecular weight excluding hydrogens is 460 g/mol. The highest BCUT2D eigenvalue weighted by Crippen LogP contribution is 2.34. The third-order valence-electron chi connectivity index (χ3n) is 6.75. The van der Waals surface area contributed by atoms with Crippen molar-refractivity contribution in [2.24, 2.45) is 0 Å². The Bertz CT molecular complexity index is 1540. The van der Waals surface area contributed by atoms with E-state index in [2.05, 4.69) is 93.6 Å². The SMILES string of the molecule is CCCCNc1nc(N)nc2c3ccccc3n(Cc3cc(CNc4ccccc4C)ccc3OC)c12. The molecule has 2 aromatic heterocycles. The van der Waals surface area contributed by atoms with Crippen LogP contribution in [0.3, 0.4) is 0 Å². The summed E-state index contributed by atoms with van der Waals surface area (Å²) in [5, 5.41) is 8.13. The zero-order chi connectivity index (χ0) is 25.8. The molecule has 0 fully saturated rings. The third kappa shape index (κ3) is 5.03. The van der Waals surface area contributed by atoms with Crippen LogP contribution in [0.5, 0.6) is 5.75 Å². The van der Waals surface area contributed by atoms with Crippen molar-refractivity contribution in [3.63, 3.8) is 0 Å². The van der Waals surface area contributed by atoms with Gasteiger partial charge in [-0.2, -0.15) is 4.98 Å². The van der Waals surface area contributed by atoms with E-state index in [0.717, 1.165) is 70.7 Å². The minimum atomic E-state index is 0.274. The number of rotatable bonds is 10. The van der Waals surface area contributed by atoms with Crippen LogP contribution in [0, 0.1) is 6.92 Å². The van der Waals surface area contributed by atoms with Gasteiger partial charge in [-0.25, -0.2) is 4.98 Å². The van der Waals surface area contributed by atoms with E-state index in [1.165, 1.54) is 11.1 Å². The molecule has 0 spiro atoms. The van der Waals surface area contributed by atoms with Gasteiger partial charge >= 0.3 is 0 Å². The standard InChI is InChI=1S/C30H34N6O/c1-4-5-16-32-29-28-27(34-30(31)35-29)23-11-7-9-13-25(23)36(28)19-22-17-21(14-15-26(22)37-3)18-33-24-12-8-6-10-20(24)2/h6-15,17,33H,4-5,16,18-19H2,1-3H3,(H3,31,32,34,35). The molecule has 0 aliphatic heterocycles. The summed E-state index contributed by atoms with van der Waals surface area (Å²) in [5.74, 6) is 1.89. The molecule has 0 aliphatic rings. The van der Waals surface area contributed by atoms with Crippen LogP contribution < -0.4 is 21.1 Å². The maximum Gasteiger partial charge on any atom is 0.222 e. The molecule has 37 heavy (non-hydrogen) atoms. The summed E-state index contributed by atoms with van der Waals surface area (Å²) in [6, 6.07) is 23.0. The molecule has 7 heteroatoms. The number of benzene rings is 3. The third-order valence-corrected chi connectivity index (χ3v) is 6.75. The van der Waals surface area contributed by atoms with Gasteiger partial charge in [0, 0.05) is 29.7 Å². The Morgan fingerprint density at radius 3 is 2.59 bits per heavy atom. The van der Waals surface area contributed by atoms with Crippen LogP contribution >= 0.6 is 0 Å².